The third kappa shape index (κ3) is 3.93. The zero-order valence-corrected chi connectivity index (χ0v) is 16.0. The highest BCUT2D eigenvalue weighted by atomic mass is 35.5. The van der Waals surface area contributed by atoms with Crippen LogP contribution in [0, 0.1) is 6.92 Å². The second-order valence-corrected chi connectivity index (χ2v) is 8.21. The first-order chi connectivity index (χ1) is 12.5. The van der Waals surface area contributed by atoms with Crippen LogP contribution in [0.4, 0.5) is 24.5 Å². The Balaban J connectivity index is 1.99. The Morgan fingerprint density at radius 1 is 1.22 bits per heavy atom. The molecular weight excluding hydrogens is 405 g/mol. The largest absolute Gasteiger partial charge is 0.490 e. The summed E-state index contributed by atoms with van der Waals surface area (Å²) < 4.78 is 72.1. The molecule has 1 aliphatic rings. The Labute approximate surface area is 159 Å². The molecule has 146 valence electrons. The lowest BCUT2D eigenvalue weighted by Gasteiger charge is -2.28. The lowest BCUT2D eigenvalue weighted by Crippen LogP contribution is -2.29. The van der Waals surface area contributed by atoms with E-state index >= 15 is 0 Å². The predicted octanol–water partition coefficient (Wildman–Crippen LogP) is 4.30. The normalized spacial score (nSPS) is 14.5. The highest BCUT2D eigenvalue weighted by Crippen LogP contribution is 2.38. The Kier molecular flexibility index (Phi) is 4.94. The number of likely N-dealkylation sites (N-methyl/N-ethyl adjacent to an activating group) is 1. The maximum absolute atomic E-state index is 13.0. The van der Waals surface area contributed by atoms with E-state index in [4.69, 9.17) is 16.3 Å². The number of fused-ring (bicyclic) bond motifs is 1. The van der Waals surface area contributed by atoms with E-state index in [1.807, 2.05) is 11.9 Å². The van der Waals surface area contributed by atoms with Gasteiger partial charge in [-0.2, -0.15) is 13.2 Å². The van der Waals surface area contributed by atoms with Crippen LogP contribution in [0.2, 0.25) is 5.02 Å². The summed E-state index contributed by atoms with van der Waals surface area (Å²) in [5, 5.41) is -0.508. The van der Waals surface area contributed by atoms with Gasteiger partial charge in [0.2, 0.25) is 0 Å². The van der Waals surface area contributed by atoms with Crippen molar-refractivity contribution in [3.8, 4) is 5.75 Å². The second kappa shape index (κ2) is 6.79. The fourth-order valence-corrected chi connectivity index (χ4v) is 4.30. The number of rotatable bonds is 3. The van der Waals surface area contributed by atoms with E-state index in [0.29, 0.717) is 30.5 Å². The average Bonchev–Trinajstić information content (AvgIpc) is 2.55. The minimum atomic E-state index is -4.70. The summed E-state index contributed by atoms with van der Waals surface area (Å²) in [4.78, 5) is 1.87. The quantitative estimate of drug-likeness (QED) is 0.804. The van der Waals surface area contributed by atoms with Crippen LogP contribution in [0.1, 0.15) is 11.1 Å². The van der Waals surface area contributed by atoms with Gasteiger partial charge in [0.25, 0.3) is 10.0 Å². The van der Waals surface area contributed by atoms with Crippen LogP contribution in [0.5, 0.6) is 5.75 Å². The topological polar surface area (TPSA) is 58.6 Å². The van der Waals surface area contributed by atoms with Gasteiger partial charge in [-0.25, -0.2) is 8.42 Å². The summed E-state index contributed by atoms with van der Waals surface area (Å²) in [5.74, 6) is 0.404. The number of alkyl halides is 3. The highest BCUT2D eigenvalue weighted by molar-refractivity contribution is 7.92. The summed E-state index contributed by atoms with van der Waals surface area (Å²) in [5.41, 5.74) is -0.148. The van der Waals surface area contributed by atoms with Crippen LogP contribution in [0.15, 0.2) is 35.2 Å². The van der Waals surface area contributed by atoms with E-state index in [2.05, 4.69) is 4.72 Å². The number of halogens is 4. The van der Waals surface area contributed by atoms with E-state index in [0.717, 1.165) is 11.8 Å². The van der Waals surface area contributed by atoms with Crippen molar-refractivity contribution in [3.05, 3.63) is 46.5 Å². The number of anilines is 2. The minimum Gasteiger partial charge on any atom is -0.490 e. The van der Waals surface area contributed by atoms with Crippen molar-refractivity contribution in [2.75, 3.05) is 29.8 Å². The van der Waals surface area contributed by atoms with Gasteiger partial charge in [-0.05, 0) is 36.8 Å². The molecule has 0 saturated heterocycles. The van der Waals surface area contributed by atoms with E-state index in [1.54, 1.807) is 13.0 Å². The monoisotopic (exact) mass is 420 g/mol. The molecule has 1 aliphatic heterocycles. The first kappa shape index (κ1) is 19.6. The van der Waals surface area contributed by atoms with Gasteiger partial charge in [-0.3, -0.25) is 4.72 Å². The highest BCUT2D eigenvalue weighted by Gasteiger charge is 2.34. The molecular formula is C17H16ClF3N2O3S. The van der Waals surface area contributed by atoms with Crippen molar-refractivity contribution in [2.45, 2.75) is 18.0 Å². The molecule has 0 unspecified atom stereocenters. The summed E-state index contributed by atoms with van der Waals surface area (Å²) >= 11 is 5.57. The number of nitrogens with one attached hydrogen (secondary N) is 1. The molecule has 0 radical (unpaired) electrons. The molecule has 1 heterocycles. The lowest BCUT2D eigenvalue weighted by molar-refractivity contribution is -0.137. The minimum absolute atomic E-state index is 0.0694. The number of hydrogen-bond acceptors (Lipinski definition) is 4. The number of ether oxygens (including phenoxy) is 1. The summed E-state index contributed by atoms with van der Waals surface area (Å²) in [6, 6.07) is 5.89. The predicted molar refractivity (Wildman–Crippen MR) is 97.2 cm³/mol. The van der Waals surface area contributed by atoms with Gasteiger partial charge in [-0.1, -0.05) is 11.6 Å². The van der Waals surface area contributed by atoms with Gasteiger partial charge in [0.1, 0.15) is 12.4 Å². The molecule has 27 heavy (non-hydrogen) atoms. The van der Waals surface area contributed by atoms with Crippen molar-refractivity contribution in [2.24, 2.45) is 0 Å². The molecule has 0 amide bonds. The SMILES string of the molecule is Cc1cc2c(cc1S(=O)(=O)Nc1ccc(Cl)c(C(F)(F)F)c1)OCCN2C. The van der Waals surface area contributed by atoms with E-state index in [-0.39, 0.29) is 10.6 Å². The Morgan fingerprint density at radius 3 is 2.59 bits per heavy atom. The van der Waals surface area contributed by atoms with Crippen LogP contribution in [-0.4, -0.2) is 28.6 Å². The van der Waals surface area contributed by atoms with E-state index < -0.39 is 26.8 Å². The molecule has 0 fully saturated rings. The third-order valence-electron chi connectivity index (χ3n) is 4.17. The molecule has 10 heteroatoms. The number of nitrogens with zero attached hydrogens (tertiary/aromatic N) is 1. The first-order valence-corrected chi connectivity index (χ1v) is 9.73. The number of sulfonamides is 1. The van der Waals surface area contributed by atoms with Crippen molar-refractivity contribution < 1.29 is 26.3 Å². The molecule has 0 bridgehead atoms. The fraction of sp³-hybridized carbons (Fsp3) is 0.294. The molecule has 2 aromatic rings. The molecule has 5 nitrogen and oxygen atoms in total. The van der Waals surface area contributed by atoms with Crippen molar-refractivity contribution in [1.29, 1.82) is 0 Å². The first-order valence-electron chi connectivity index (χ1n) is 7.87. The van der Waals surface area contributed by atoms with Gasteiger partial charge in [-0.15, -0.1) is 0 Å². The Hall–Kier alpha value is -2.13. The number of aryl methyl sites for hydroxylation is 1. The molecule has 3 rings (SSSR count). The fourth-order valence-electron chi connectivity index (χ4n) is 2.79. The molecule has 2 aromatic carbocycles. The van der Waals surface area contributed by atoms with Crippen LogP contribution in [-0.2, 0) is 16.2 Å². The van der Waals surface area contributed by atoms with Gasteiger partial charge in [0.15, 0.2) is 0 Å². The van der Waals surface area contributed by atoms with Crippen molar-refractivity contribution in [1.82, 2.24) is 0 Å². The Bertz CT molecular complexity index is 994. The molecule has 0 aliphatic carbocycles. The van der Waals surface area contributed by atoms with E-state index in [1.165, 1.54) is 12.1 Å². The number of benzene rings is 2. The Morgan fingerprint density at radius 2 is 1.93 bits per heavy atom. The van der Waals surface area contributed by atoms with Gasteiger partial charge in [0, 0.05) is 18.8 Å². The van der Waals surface area contributed by atoms with Crippen LogP contribution in [0.3, 0.4) is 0 Å². The van der Waals surface area contributed by atoms with E-state index in [9.17, 15) is 21.6 Å². The zero-order chi connectivity index (χ0) is 20.0. The van der Waals surface area contributed by atoms with Crippen LogP contribution < -0.4 is 14.4 Å². The maximum atomic E-state index is 13.0. The van der Waals surface area contributed by atoms with Crippen molar-refractivity contribution in [3.63, 3.8) is 0 Å². The second-order valence-electron chi connectivity index (χ2n) is 6.15. The van der Waals surface area contributed by atoms with Crippen LogP contribution >= 0.6 is 11.6 Å². The average molecular weight is 421 g/mol. The lowest BCUT2D eigenvalue weighted by atomic mass is 10.1. The smallest absolute Gasteiger partial charge is 0.417 e. The summed E-state index contributed by atoms with van der Waals surface area (Å²) in [6.07, 6.45) is -4.70. The molecule has 0 spiro atoms. The van der Waals surface area contributed by atoms with Gasteiger partial charge in [0.05, 0.1) is 27.7 Å². The summed E-state index contributed by atoms with van der Waals surface area (Å²) in [6.45, 7) is 2.69. The molecule has 1 N–H and O–H groups in total. The van der Waals surface area contributed by atoms with Crippen molar-refractivity contribution >= 4 is 33.0 Å². The van der Waals surface area contributed by atoms with Crippen LogP contribution in [0.25, 0.3) is 0 Å². The molecule has 0 aromatic heterocycles. The van der Waals surface area contributed by atoms with Gasteiger partial charge < -0.3 is 9.64 Å². The molecule has 0 atom stereocenters. The number of hydrogen-bond donors (Lipinski definition) is 1. The molecule has 0 saturated carbocycles. The van der Waals surface area contributed by atoms with Gasteiger partial charge >= 0.3 is 6.18 Å². The summed E-state index contributed by atoms with van der Waals surface area (Å²) in [7, 11) is -2.27. The third-order valence-corrected chi connectivity index (χ3v) is 6.02. The zero-order valence-electron chi connectivity index (χ0n) is 14.4. The maximum Gasteiger partial charge on any atom is 0.417 e. The standard InChI is InChI=1S/C17H16ClF3N2O3S/c1-10-7-14-15(26-6-5-23(14)2)9-16(10)27(24,25)22-11-3-4-13(18)12(8-11)17(19,20)21/h3-4,7-9,22H,5-6H2,1-2H3.